The van der Waals surface area contributed by atoms with Gasteiger partial charge in [0.15, 0.2) is 0 Å². The smallest absolute Gasteiger partial charge is 0.324 e. The monoisotopic (exact) mass is 127 g/mol. The average molecular weight is 127 g/mol. The molecule has 0 aromatic carbocycles. The molecule has 2 saturated heterocycles. The number of rotatable bonds is 0. The van der Waals surface area contributed by atoms with Crippen molar-refractivity contribution in [1.29, 1.82) is 0 Å². The molecule has 2 aliphatic heterocycles. The minimum Gasteiger partial charge on any atom is -0.448 e. The second-order valence-corrected chi connectivity index (χ2v) is 2.56. The molecular formula is C6H9NO2. The third-order valence-corrected chi connectivity index (χ3v) is 2.01. The summed E-state index contributed by atoms with van der Waals surface area (Å²) in [6.07, 6.45) is 2.15. The number of hydrogen-bond donors (Lipinski definition) is 0. The second kappa shape index (κ2) is 1.70. The van der Waals surface area contributed by atoms with Crippen LogP contribution in [0.3, 0.4) is 0 Å². The summed E-state index contributed by atoms with van der Waals surface area (Å²) in [5, 5.41) is 0. The van der Waals surface area contributed by atoms with Gasteiger partial charge in [-0.3, -0.25) is 9.69 Å². The van der Waals surface area contributed by atoms with Crippen molar-refractivity contribution in [2.45, 2.75) is 18.9 Å². The number of ether oxygens (including phenoxy) is 1. The summed E-state index contributed by atoms with van der Waals surface area (Å²) < 4.78 is 4.81. The third kappa shape index (κ3) is 0.645. The van der Waals surface area contributed by atoms with E-state index in [-0.39, 0.29) is 12.0 Å². The minimum absolute atomic E-state index is 0.0208. The molecule has 0 saturated carbocycles. The number of esters is 1. The van der Waals surface area contributed by atoms with Crippen molar-refractivity contribution in [3.05, 3.63) is 0 Å². The van der Waals surface area contributed by atoms with E-state index >= 15 is 0 Å². The van der Waals surface area contributed by atoms with E-state index in [9.17, 15) is 4.79 Å². The number of carbonyl (C=O) groups excluding carboxylic acids is 1. The van der Waals surface area contributed by atoms with Crippen LogP contribution >= 0.6 is 0 Å². The van der Waals surface area contributed by atoms with Crippen LogP contribution in [0.4, 0.5) is 0 Å². The van der Waals surface area contributed by atoms with Gasteiger partial charge in [0.1, 0.15) is 12.8 Å². The first-order valence-electron chi connectivity index (χ1n) is 3.28. The lowest BCUT2D eigenvalue weighted by Crippen LogP contribution is -2.25. The van der Waals surface area contributed by atoms with Crippen molar-refractivity contribution in [1.82, 2.24) is 4.90 Å². The van der Waals surface area contributed by atoms with Gasteiger partial charge in [-0.1, -0.05) is 0 Å². The molecule has 0 spiro atoms. The summed E-state index contributed by atoms with van der Waals surface area (Å²) >= 11 is 0. The zero-order valence-electron chi connectivity index (χ0n) is 5.17. The van der Waals surface area contributed by atoms with E-state index < -0.39 is 0 Å². The van der Waals surface area contributed by atoms with E-state index in [1.807, 2.05) is 0 Å². The van der Waals surface area contributed by atoms with Gasteiger partial charge >= 0.3 is 5.97 Å². The predicted molar refractivity (Wildman–Crippen MR) is 30.7 cm³/mol. The first-order valence-corrected chi connectivity index (χ1v) is 3.28. The maximum atomic E-state index is 10.8. The molecule has 2 heterocycles. The maximum Gasteiger partial charge on any atom is 0.324 e. The summed E-state index contributed by atoms with van der Waals surface area (Å²) in [6, 6.07) is 0.116. The molecule has 2 fully saturated rings. The zero-order valence-corrected chi connectivity index (χ0v) is 5.17. The molecule has 0 aromatic rings. The Balaban J connectivity index is 2.15. The Morgan fingerprint density at radius 1 is 1.67 bits per heavy atom. The number of fused-ring (bicyclic) bond motifs is 1. The molecular weight excluding hydrogens is 118 g/mol. The van der Waals surface area contributed by atoms with Crippen molar-refractivity contribution in [3.8, 4) is 0 Å². The Morgan fingerprint density at radius 2 is 2.56 bits per heavy atom. The lowest BCUT2D eigenvalue weighted by molar-refractivity contribution is -0.139. The fourth-order valence-electron chi connectivity index (χ4n) is 1.49. The van der Waals surface area contributed by atoms with Crippen LogP contribution in [0.2, 0.25) is 0 Å². The topological polar surface area (TPSA) is 29.5 Å². The van der Waals surface area contributed by atoms with E-state index in [0.717, 1.165) is 19.4 Å². The quantitative estimate of drug-likeness (QED) is 0.428. The number of cyclic esters (lactones) is 1. The van der Waals surface area contributed by atoms with E-state index in [0.29, 0.717) is 6.73 Å². The molecule has 0 unspecified atom stereocenters. The Kier molecular flexibility index (Phi) is 0.990. The van der Waals surface area contributed by atoms with Crippen molar-refractivity contribution >= 4 is 5.97 Å². The van der Waals surface area contributed by atoms with Crippen LogP contribution in [0.25, 0.3) is 0 Å². The standard InChI is InChI=1S/C6H9NO2/c8-6-5-2-1-3-7(5)4-9-6/h5H,1-4H2/t5-/m0/s1. The van der Waals surface area contributed by atoms with E-state index in [2.05, 4.69) is 4.90 Å². The molecule has 50 valence electrons. The molecule has 0 radical (unpaired) electrons. The van der Waals surface area contributed by atoms with Crippen molar-refractivity contribution in [2.24, 2.45) is 0 Å². The van der Waals surface area contributed by atoms with Crippen LogP contribution in [0, 0.1) is 0 Å². The average Bonchev–Trinajstić information content (AvgIpc) is 2.35. The van der Waals surface area contributed by atoms with E-state index in [1.165, 1.54) is 0 Å². The SMILES string of the molecule is O=C1OCN2CCC[C@@H]12. The van der Waals surface area contributed by atoms with Gasteiger partial charge in [0.05, 0.1) is 0 Å². The molecule has 2 aliphatic rings. The number of nitrogens with zero attached hydrogens (tertiary/aromatic N) is 1. The van der Waals surface area contributed by atoms with Gasteiger partial charge in [-0.05, 0) is 12.8 Å². The molecule has 3 nitrogen and oxygen atoms in total. The third-order valence-electron chi connectivity index (χ3n) is 2.01. The lowest BCUT2D eigenvalue weighted by atomic mass is 10.2. The molecule has 2 rings (SSSR count). The summed E-state index contributed by atoms with van der Waals surface area (Å²) in [6.45, 7) is 1.57. The van der Waals surface area contributed by atoms with Crippen molar-refractivity contribution < 1.29 is 9.53 Å². The van der Waals surface area contributed by atoms with Gasteiger partial charge in [0.2, 0.25) is 0 Å². The molecule has 9 heavy (non-hydrogen) atoms. The largest absolute Gasteiger partial charge is 0.448 e. The van der Waals surface area contributed by atoms with E-state index in [4.69, 9.17) is 4.74 Å². The number of carbonyl (C=O) groups is 1. The number of hydrogen-bond acceptors (Lipinski definition) is 3. The summed E-state index contributed by atoms with van der Waals surface area (Å²) in [4.78, 5) is 12.9. The van der Waals surface area contributed by atoms with Gasteiger partial charge in [-0.2, -0.15) is 0 Å². The summed E-state index contributed by atoms with van der Waals surface area (Å²) in [5.74, 6) is -0.0208. The first kappa shape index (κ1) is 5.23. The molecule has 1 atom stereocenters. The fraction of sp³-hybridized carbons (Fsp3) is 0.833. The maximum absolute atomic E-state index is 10.8. The highest BCUT2D eigenvalue weighted by Gasteiger charge is 2.37. The highest BCUT2D eigenvalue weighted by atomic mass is 16.6. The minimum atomic E-state index is -0.0208. The molecule has 0 aliphatic carbocycles. The van der Waals surface area contributed by atoms with Crippen LogP contribution < -0.4 is 0 Å². The van der Waals surface area contributed by atoms with Gasteiger partial charge < -0.3 is 4.74 Å². The van der Waals surface area contributed by atoms with E-state index in [1.54, 1.807) is 0 Å². The van der Waals surface area contributed by atoms with Crippen LogP contribution in [0.5, 0.6) is 0 Å². The molecule has 0 N–H and O–H groups in total. The van der Waals surface area contributed by atoms with Crippen molar-refractivity contribution in [2.75, 3.05) is 13.3 Å². The highest BCUT2D eigenvalue weighted by Crippen LogP contribution is 2.22. The van der Waals surface area contributed by atoms with Gasteiger partial charge in [0.25, 0.3) is 0 Å². The van der Waals surface area contributed by atoms with Crippen LogP contribution in [0.15, 0.2) is 0 Å². The van der Waals surface area contributed by atoms with Gasteiger partial charge in [0, 0.05) is 6.54 Å². The normalized spacial score (nSPS) is 34.7. The Morgan fingerprint density at radius 3 is 3.33 bits per heavy atom. The summed E-state index contributed by atoms with van der Waals surface area (Å²) in [7, 11) is 0. The second-order valence-electron chi connectivity index (χ2n) is 2.56. The molecule has 0 aromatic heterocycles. The van der Waals surface area contributed by atoms with Gasteiger partial charge in [-0.25, -0.2) is 0 Å². The predicted octanol–water partition coefficient (Wildman–Crippen LogP) is -0.0349. The molecule has 3 heteroatoms. The zero-order chi connectivity index (χ0) is 6.27. The Hall–Kier alpha value is -0.570. The Labute approximate surface area is 53.6 Å². The summed E-state index contributed by atoms with van der Waals surface area (Å²) in [5.41, 5.74) is 0. The van der Waals surface area contributed by atoms with Crippen molar-refractivity contribution in [3.63, 3.8) is 0 Å². The lowest BCUT2D eigenvalue weighted by Gasteiger charge is -2.05. The van der Waals surface area contributed by atoms with Gasteiger partial charge in [-0.15, -0.1) is 0 Å². The van der Waals surface area contributed by atoms with Crippen LogP contribution in [-0.2, 0) is 9.53 Å². The Bertz CT molecular complexity index is 146. The fourth-order valence-corrected chi connectivity index (χ4v) is 1.49. The molecule has 0 amide bonds. The molecule has 0 bridgehead atoms. The first-order chi connectivity index (χ1) is 4.38. The highest BCUT2D eigenvalue weighted by molar-refractivity contribution is 5.77. The van der Waals surface area contributed by atoms with Crippen LogP contribution in [0.1, 0.15) is 12.8 Å². The van der Waals surface area contributed by atoms with Crippen LogP contribution in [-0.4, -0.2) is 30.2 Å².